The van der Waals surface area contributed by atoms with Crippen LogP contribution < -0.4 is 9.47 Å². The highest BCUT2D eigenvalue weighted by Crippen LogP contribution is 2.37. The van der Waals surface area contributed by atoms with Crippen molar-refractivity contribution in [3.63, 3.8) is 0 Å². The summed E-state index contributed by atoms with van der Waals surface area (Å²) in [5.74, 6) is 1.25. The van der Waals surface area contributed by atoms with Crippen molar-refractivity contribution in [3.05, 3.63) is 18.2 Å². The van der Waals surface area contributed by atoms with Gasteiger partial charge in [-0.25, -0.2) is 0 Å². The van der Waals surface area contributed by atoms with E-state index in [1.54, 1.807) is 18.2 Å². The molecule has 0 saturated heterocycles. The molecule has 0 atom stereocenters. The fourth-order valence-electron chi connectivity index (χ4n) is 1.18. The first-order chi connectivity index (χ1) is 5.88. The van der Waals surface area contributed by atoms with Crippen LogP contribution in [0.5, 0.6) is 17.2 Å². The standard InChI is InChI=1S/C9H10O3/c10-7-3-1-4-8-9(7)12-6-2-5-11-8/h1,3-4,10H,2,5-6H2. The summed E-state index contributed by atoms with van der Waals surface area (Å²) in [5, 5.41) is 9.38. The lowest BCUT2D eigenvalue weighted by Gasteiger charge is -2.07. The molecule has 1 N–H and O–H groups in total. The first-order valence-electron chi connectivity index (χ1n) is 3.95. The van der Waals surface area contributed by atoms with Crippen molar-refractivity contribution >= 4 is 0 Å². The number of hydrogen-bond acceptors (Lipinski definition) is 3. The molecule has 0 aromatic heterocycles. The van der Waals surface area contributed by atoms with Crippen molar-refractivity contribution in [1.82, 2.24) is 0 Å². The van der Waals surface area contributed by atoms with Crippen LogP contribution in [0.1, 0.15) is 6.42 Å². The zero-order chi connectivity index (χ0) is 8.39. The number of aromatic hydroxyl groups is 1. The summed E-state index contributed by atoms with van der Waals surface area (Å²) in [5.41, 5.74) is 0. The third-order valence-corrected chi connectivity index (χ3v) is 1.75. The molecule has 12 heavy (non-hydrogen) atoms. The molecule has 64 valence electrons. The quantitative estimate of drug-likeness (QED) is 0.635. The predicted octanol–water partition coefficient (Wildman–Crippen LogP) is 1.55. The van der Waals surface area contributed by atoms with Gasteiger partial charge in [0, 0.05) is 6.42 Å². The first-order valence-corrected chi connectivity index (χ1v) is 3.95. The Bertz CT molecular complexity index is 283. The summed E-state index contributed by atoms with van der Waals surface area (Å²) in [7, 11) is 0. The Hall–Kier alpha value is -1.38. The average Bonchev–Trinajstić information content (AvgIpc) is 2.30. The zero-order valence-corrected chi connectivity index (χ0v) is 6.62. The SMILES string of the molecule is Oc1cccc2c1OCCCO2. The minimum atomic E-state index is 0.148. The Morgan fingerprint density at radius 2 is 2.00 bits per heavy atom. The van der Waals surface area contributed by atoms with Crippen LogP contribution in [0.4, 0.5) is 0 Å². The number of fused-ring (bicyclic) bond motifs is 1. The van der Waals surface area contributed by atoms with Gasteiger partial charge in [-0.3, -0.25) is 0 Å². The van der Waals surface area contributed by atoms with E-state index in [2.05, 4.69) is 0 Å². The monoisotopic (exact) mass is 166 g/mol. The predicted molar refractivity (Wildman–Crippen MR) is 43.7 cm³/mol. The van der Waals surface area contributed by atoms with Crippen molar-refractivity contribution < 1.29 is 14.6 Å². The Morgan fingerprint density at radius 1 is 1.17 bits per heavy atom. The topological polar surface area (TPSA) is 38.7 Å². The van der Waals surface area contributed by atoms with Gasteiger partial charge >= 0.3 is 0 Å². The van der Waals surface area contributed by atoms with E-state index in [0.29, 0.717) is 24.7 Å². The van der Waals surface area contributed by atoms with E-state index in [4.69, 9.17) is 9.47 Å². The molecule has 0 bridgehead atoms. The third kappa shape index (κ3) is 1.18. The fourth-order valence-corrected chi connectivity index (χ4v) is 1.18. The molecule has 0 aliphatic carbocycles. The second kappa shape index (κ2) is 2.93. The number of hydrogen-bond donors (Lipinski definition) is 1. The number of phenolic OH excluding ortho intramolecular Hbond substituents is 1. The van der Waals surface area contributed by atoms with E-state index >= 15 is 0 Å². The van der Waals surface area contributed by atoms with Gasteiger partial charge in [0.15, 0.2) is 11.5 Å². The molecule has 1 aliphatic rings. The van der Waals surface area contributed by atoms with Gasteiger partial charge in [0.2, 0.25) is 5.75 Å². The van der Waals surface area contributed by atoms with Gasteiger partial charge in [-0.05, 0) is 12.1 Å². The Labute approximate surface area is 70.5 Å². The number of para-hydroxylation sites is 1. The highest BCUT2D eigenvalue weighted by molar-refractivity contribution is 5.50. The molecule has 0 unspecified atom stereocenters. The van der Waals surface area contributed by atoms with E-state index in [1.165, 1.54) is 0 Å². The molecule has 0 spiro atoms. The van der Waals surface area contributed by atoms with E-state index in [9.17, 15) is 5.11 Å². The maximum atomic E-state index is 9.38. The maximum absolute atomic E-state index is 9.38. The van der Waals surface area contributed by atoms with Crippen molar-refractivity contribution in [3.8, 4) is 17.2 Å². The van der Waals surface area contributed by atoms with E-state index in [0.717, 1.165) is 6.42 Å². The lowest BCUT2D eigenvalue weighted by atomic mass is 10.3. The summed E-state index contributed by atoms with van der Waals surface area (Å²) in [6, 6.07) is 5.12. The van der Waals surface area contributed by atoms with Crippen LogP contribution in [-0.4, -0.2) is 18.3 Å². The first kappa shape index (κ1) is 7.28. The lowest BCUT2D eigenvalue weighted by Crippen LogP contribution is -1.97. The van der Waals surface area contributed by atoms with Crippen LogP contribution in [0.15, 0.2) is 18.2 Å². The number of benzene rings is 1. The van der Waals surface area contributed by atoms with Crippen LogP contribution in [0.3, 0.4) is 0 Å². The van der Waals surface area contributed by atoms with Crippen LogP contribution in [0.2, 0.25) is 0 Å². The van der Waals surface area contributed by atoms with E-state index < -0.39 is 0 Å². The van der Waals surface area contributed by atoms with Gasteiger partial charge in [0.1, 0.15) is 0 Å². The largest absolute Gasteiger partial charge is 0.504 e. The summed E-state index contributed by atoms with van der Waals surface area (Å²) in [6.07, 6.45) is 0.855. The molecular weight excluding hydrogens is 156 g/mol. The van der Waals surface area contributed by atoms with Crippen molar-refractivity contribution in [1.29, 1.82) is 0 Å². The van der Waals surface area contributed by atoms with Crippen LogP contribution in [0.25, 0.3) is 0 Å². The molecule has 1 aromatic carbocycles. The minimum absolute atomic E-state index is 0.148. The minimum Gasteiger partial charge on any atom is -0.504 e. The van der Waals surface area contributed by atoms with E-state index in [1.807, 2.05) is 0 Å². The van der Waals surface area contributed by atoms with Gasteiger partial charge in [-0.1, -0.05) is 6.07 Å². The molecule has 0 radical (unpaired) electrons. The number of rotatable bonds is 0. The third-order valence-electron chi connectivity index (χ3n) is 1.75. The van der Waals surface area contributed by atoms with Gasteiger partial charge in [-0.2, -0.15) is 0 Å². The summed E-state index contributed by atoms with van der Waals surface area (Å²) >= 11 is 0. The fraction of sp³-hybridized carbons (Fsp3) is 0.333. The molecule has 0 amide bonds. The molecule has 3 heteroatoms. The lowest BCUT2D eigenvalue weighted by molar-refractivity contribution is 0.291. The van der Waals surface area contributed by atoms with Gasteiger partial charge < -0.3 is 14.6 Å². The molecule has 3 nitrogen and oxygen atoms in total. The number of ether oxygens (including phenoxy) is 2. The number of phenols is 1. The van der Waals surface area contributed by atoms with Crippen LogP contribution >= 0.6 is 0 Å². The van der Waals surface area contributed by atoms with Crippen LogP contribution in [-0.2, 0) is 0 Å². The zero-order valence-electron chi connectivity index (χ0n) is 6.62. The Balaban J connectivity index is 2.42. The molecule has 0 fully saturated rings. The summed E-state index contributed by atoms with van der Waals surface area (Å²) in [4.78, 5) is 0. The van der Waals surface area contributed by atoms with Crippen LogP contribution in [0, 0.1) is 0 Å². The Morgan fingerprint density at radius 3 is 2.92 bits per heavy atom. The summed E-state index contributed by atoms with van der Waals surface area (Å²) < 4.78 is 10.6. The molecule has 1 aromatic rings. The molecule has 1 heterocycles. The second-order valence-electron chi connectivity index (χ2n) is 2.65. The molecule has 1 aliphatic heterocycles. The van der Waals surface area contributed by atoms with Gasteiger partial charge in [0.25, 0.3) is 0 Å². The normalized spacial score (nSPS) is 15.3. The van der Waals surface area contributed by atoms with E-state index in [-0.39, 0.29) is 5.75 Å². The molecule has 2 rings (SSSR count). The van der Waals surface area contributed by atoms with Crippen molar-refractivity contribution in [2.75, 3.05) is 13.2 Å². The van der Waals surface area contributed by atoms with Crippen molar-refractivity contribution in [2.45, 2.75) is 6.42 Å². The smallest absolute Gasteiger partial charge is 0.203 e. The van der Waals surface area contributed by atoms with Gasteiger partial charge in [-0.15, -0.1) is 0 Å². The highest BCUT2D eigenvalue weighted by atomic mass is 16.5. The van der Waals surface area contributed by atoms with Crippen molar-refractivity contribution in [2.24, 2.45) is 0 Å². The van der Waals surface area contributed by atoms with Gasteiger partial charge in [0.05, 0.1) is 13.2 Å². The summed E-state index contributed by atoms with van der Waals surface area (Å²) in [6.45, 7) is 1.25. The molecule has 0 saturated carbocycles. The maximum Gasteiger partial charge on any atom is 0.203 e. The highest BCUT2D eigenvalue weighted by Gasteiger charge is 2.12. The average molecular weight is 166 g/mol. The second-order valence-corrected chi connectivity index (χ2v) is 2.65. The molecular formula is C9H10O3. The Kier molecular flexibility index (Phi) is 1.78.